The monoisotopic (exact) mass is 320 g/mol. The number of nitrogens with one attached hydrogen (secondary N) is 1. The van der Waals surface area contributed by atoms with Gasteiger partial charge in [0.15, 0.2) is 0 Å². The van der Waals surface area contributed by atoms with Crippen molar-refractivity contribution < 1.29 is 13.5 Å². The predicted molar refractivity (Wildman–Crippen MR) is 81.3 cm³/mol. The van der Waals surface area contributed by atoms with E-state index in [4.69, 9.17) is 22.4 Å². The van der Waals surface area contributed by atoms with Crippen LogP contribution in [0.2, 0.25) is 5.02 Å². The van der Waals surface area contributed by atoms with Gasteiger partial charge in [-0.1, -0.05) is 25.4 Å². The standard InChI is InChI=1S/C13H21ClN2O3S/c1-8(2)13(4-5-17)16-20(18,19)10-6-11(14)9(3)12(15)7-10/h6-8,13,16-17H,4-5,15H2,1-3H3. The number of aliphatic hydroxyl groups is 1. The first-order valence-corrected chi connectivity index (χ1v) is 8.24. The largest absolute Gasteiger partial charge is 0.398 e. The zero-order chi connectivity index (χ0) is 15.5. The number of halogens is 1. The van der Waals surface area contributed by atoms with E-state index in [0.717, 1.165) is 0 Å². The van der Waals surface area contributed by atoms with E-state index in [9.17, 15) is 8.42 Å². The number of hydrogen-bond acceptors (Lipinski definition) is 4. The van der Waals surface area contributed by atoms with E-state index in [0.29, 0.717) is 22.7 Å². The molecule has 4 N–H and O–H groups in total. The van der Waals surface area contributed by atoms with Crippen LogP contribution in [-0.4, -0.2) is 26.2 Å². The molecule has 0 saturated heterocycles. The van der Waals surface area contributed by atoms with Crippen molar-refractivity contribution in [1.82, 2.24) is 4.72 Å². The van der Waals surface area contributed by atoms with Gasteiger partial charge in [-0.15, -0.1) is 0 Å². The first kappa shape index (κ1) is 17.2. The third kappa shape index (κ3) is 4.09. The molecule has 0 aliphatic carbocycles. The Bertz CT molecular complexity index is 550. The Morgan fingerprint density at radius 3 is 2.45 bits per heavy atom. The van der Waals surface area contributed by atoms with Crippen molar-refractivity contribution >= 4 is 27.3 Å². The minimum Gasteiger partial charge on any atom is -0.398 e. The van der Waals surface area contributed by atoms with E-state index in [1.54, 1.807) is 6.92 Å². The molecular weight excluding hydrogens is 300 g/mol. The van der Waals surface area contributed by atoms with Gasteiger partial charge in [0, 0.05) is 23.4 Å². The molecule has 1 aromatic carbocycles. The fraction of sp³-hybridized carbons (Fsp3) is 0.538. The molecule has 1 rings (SSSR count). The van der Waals surface area contributed by atoms with Crippen LogP contribution in [0.5, 0.6) is 0 Å². The smallest absolute Gasteiger partial charge is 0.240 e. The van der Waals surface area contributed by atoms with E-state index in [2.05, 4.69) is 4.72 Å². The highest BCUT2D eigenvalue weighted by atomic mass is 35.5. The van der Waals surface area contributed by atoms with Crippen LogP contribution in [0.15, 0.2) is 17.0 Å². The van der Waals surface area contributed by atoms with Gasteiger partial charge in [0.1, 0.15) is 0 Å². The summed E-state index contributed by atoms with van der Waals surface area (Å²) in [6.45, 7) is 5.42. The maximum Gasteiger partial charge on any atom is 0.240 e. The predicted octanol–water partition coefficient (Wildman–Crippen LogP) is 1.92. The van der Waals surface area contributed by atoms with Crippen molar-refractivity contribution in [2.75, 3.05) is 12.3 Å². The number of rotatable bonds is 6. The lowest BCUT2D eigenvalue weighted by Crippen LogP contribution is -2.39. The van der Waals surface area contributed by atoms with Gasteiger partial charge < -0.3 is 10.8 Å². The highest BCUT2D eigenvalue weighted by Crippen LogP contribution is 2.26. The third-order valence-corrected chi connectivity index (χ3v) is 5.08. The third-order valence-electron chi connectivity index (χ3n) is 3.22. The van der Waals surface area contributed by atoms with Gasteiger partial charge >= 0.3 is 0 Å². The van der Waals surface area contributed by atoms with Crippen LogP contribution < -0.4 is 10.5 Å². The zero-order valence-electron chi connectivity index (χ0n) is 11.9. The summed E-state index contributed by atoms with van der Waals surface area (Å²) in [6.07, 6.45) is 0.353. The molecule has 114 valence electrons. The Kier molecular flexibility index (Phi) is 5.82. The first-order valence-electron chi connectivity index (χ1n) is 6.38. The van der Waals surface area contributed by atoms with Crippen molar-refractivity contribution in [2.45, 2.75) is 38.1 Å². The number of benzene rings is 1. The molecule has 0 amide bonds. The minimum absolute atomic E-state index is 0.0363. The Balaban J connectivity index is 3.10. The minimum atomic E-state index is -3.71. The lowest BCUT2D eigenvalue weighted by molar-refractivity contribution is 0.256. The van der Waals surface area contributed by atoms with Crippen LogP contribution in [-0.2, 0) is 10.0 Å². The molecule has 7 heteroatoms. The second-order valence-electron chi connectivity index (χ2n) is 5.10. The van der Waals surface area contributed by atoms with Gasteiger partial charge in [0.2, 0.25) is 10.0 Å². The highest BCUT2D eigenvalue weighted by molar-refractivity contribution is 7.89. The van der Waals surface area contributed by atoms with Crippen molar-refractivity contribution in [3.8, 4) is 0 Å². The van der Waals surface area contributed by atoms with Gasteiger partial charge in [0.05, 0.1) is 4.90 Å². The summed E-state index contributed by atoms with van der Waals surface area (Å²) in [5.41, 5.74) is 6.74. The molecule has 20 heavy (non-hydrogen) atoms. The molecule has 0 heterocycles. The molecule has 1 atom stereocenters. The van der Waals surface area contributed by atoms with Gasteiger partial charge in [-0.25, -0.2) is 13.1 Å². The normalized spacial score (nSPS) is 13.7. The summed E-state index contributed by atoms with van der Waals surface area (Å²) in [5.74, 6) is 0.0650. The summed E-state index contributed by atoms with van der Waals surface area (Å²) < 4.78 is 27.2. The number of nitrogens with two attached hydrogens (primary N) is 1. The van der Waals surface area contributed by atoms with E-state index in [1.807, 2.05) is 13.8 Å². The summed E-state index contributed by atoms with van der Waals surface area (Å²) in [6, 6.07) is 2.43. The molecule has 1 aromatic rings. The molecule has 0 radical (unpaired) electrons. The van der Waals surface area contributed by atoms with Crippen LogP contribution in [0.25, 0.3) is 0 Å². The van der Waals surface area contributed by atoms with Gasteiger partial charge in [-0.3, -0.25) is 0 Å². The lowest BCUT2D eigenvalue weighted by atomic mass is 10.0. The highest BCUT2D eigenvalue weighted by Gasteiger charge is 2.23. The maximum absolute atomic E-state index is 12.3. The van der Waals surface area contributed by atoms with Gasteiger partial charge in [-0.05, 0) is 37.0 Å². The number of aliphatic hydroxyl groups excluding tert-OH is 1. The number of nitrogen functional groups attached to an aromatic ring is 1. The molecule has 0 spiro atoms. The second kappa shape index (κ2) is 6.76. The fourth-order valence-corrected chi connectivity index (χ4v) is 3.54. The van der Waals surface area contributed by atoms with Crippen LogP contribution in [0.1, 0.15) is 25.8 Å². The Hall–Kier alpha value is -0.820. The topological polar surface area (TPSA) is 92.4 Å². The number of hydrogen-bond donors (Lipinski definition) is 3. The molecule has 0 aliphatic heterocycles. The van der Waals surface area contributed by atoms with Crippen LogP contribution in [0.4, 0.5) is 5.69 Å². The van der Waals surface area contributed by atoms with Crippen LogP contribution >= 0.6 is 11.6 Å². The molecular formula is C13H21ClN2O3S. The average Bonchev–Trinajstić information content (AvgIpc) is 2.34. The van der Waals surface area contributed by atoms with E-state index in [-0.39, 0.29) is 23.5 Å². The van der Waals surface area contributed by atoms with Crippen LogP contribution in [0.3, 0.4) is 0 Å². The Morgan fingerprint density at radius 1 is 1.40 bits per heavy atom. The van der Waals surface area contributed by atoms with Crippen LogP contribution in [0, 0.1) is 12.8 Å². The van der Waals surface area contributed by atoms with Crippen molar-refractivity contribution in [1.29, 1.82) is 0 Å². The van der Waals surface area contributed by atoms with E-state index >= 15 is 0 Å². The van der Waals surface area contributed by atoms with Gasteiger partial charge in [-0.2, -0.15) is 0 Å². The van der Waals surface area contributed by atoms with Crippen molar-refractivity contribution in [3.63, 3.8) is 0 Å². The Morgan fingerprint density at radius 2 is 2.00 bits per heavy atom. The first-order chi connectivity index (χ1) is 9.19. The van der Waals surface area contributed by atoms with Crippen molar-refractivity contribution in [2.24, 2.45) is 5.92 Å². The Labute approximate surface area is 125 Å². The fourth-order valence-electron chi connectivity index (χ4n) is 1.76. The molecule has 5 nitrogen and oxygen atoms in total. The summed E-state index contributed by atoms with van der Waals surface area (Å²) in [5, 5.41) is 9.32. The average molecular weight is 321 g/mol. The summed E-state index contributed by atoms with van der Waals surface area (Å²) in [4.78, 5) is 0.0363. The number of sulfonamides is 1. The lowest BCUT2D eigenvalue weighted by Gasteiger charge is -2.21. The number of anilines is 1. The molecule has 0 fully saturated rings. The molecule has 0 aliphatic rings. The van der Waals surface area contributed by atoms with E-state index < -0.39 is 10.0 Å². The maximum atomic E-state index is 12.3. The SMILES string of the molecule is Cc1c(N)cc(S(=O)(=O)NC(CCO)C(C)C)cc1Cl. The van der Waals surface area contributed by atoms with Gasteiger partial charge in [0.25, 0.3) is 0 Å². The van der Waals surface area contributed by atoms with E-state index in [1.165, 1.54) is 12.1 Å². The quantitative estimate of drug-likeness (QED) is 0.698. The molecule has 0 bridgehead atoms. The zero-order valence-corrected chi connectivity index (χ0v) is 13.4. The van der Waals surface area contributed by atoms with Crippen molar-refractivity contribution in [3.05, 3.63) is 22.7 Å². The molecule has 0 aromatic heterocycles. The summed E-state index contributed by atoms with van der Waals surface area (Å²) in [7, 11) is -3.71. The molecule has 0 saturated carbocycles. The summed E-state index contributed by atoms with van der Waals surface area (Å²) >= 11 is 5.97. The molecule has 1 unspecified atom stereocenters. The second-order valence-corrected chi connectivity index (χ2v) is 7.22.